The lowest BCUT2D eigenvalue weighted by molar-refractivity contribution is 0.619. The van der Waals surface area contributed by atoms with Crippen molar-refractivity contribution in [2.75, 3.05) is 0 Å². The van der Waals surface area contributed by atoms with Crippen molar-refractivity contribution in [2.24, 2.45) is 0 Å². The second-order valence-electron chi connectivity index (χ2n) is 15.6. The van der Waals surface area contributed by atoms with E-state index in [0.29, 0.717) is 17.1 Å². The largest absolute Gasteiger partial charge is 0.434 e. The minimum Gasteiger partial charge on any atom is -0.434 e. The molecule has 2 heterocycles. The summed E-state index contributed by atoms with van der Waals surface area (Å²) in [6, 6.07) is 64.4. The van der Waals surface area contributed by atoms with Crippen LogP contribution in [0.5, 0.6) is 0 Å². The third-order valence-electron chi connectivity index (χ3n) is 12.5. The molecule has 0 aliphatic heterocycles. The Morgan fingerprint density at radius 1 is 0.345 bits per heavy atom. The number of nitrogens with zero attached hydrogens (tertiary/aromatic N) is 2. The maximum absolute atomic E-state index is 6.22. The average molecular weight is 737 g/mol. The summed E-state index contributed by atoms with van der Waals surface area (Å²) < 4.78 is 6.22. The first kappa shape index (κ1) is 31.6. The third-order valence-corrected chi connectivity index (χ3v) is 12.5. The van der Waals surface area contributed by atoms with Crippen molar-refractivity contribution in [2.45, 2.75) is 6.92 Å². The van der Waals surface area contributed by atoms with Crippen LogP contribution in [-0.4, -0.2) is 9.97 Å². The summed E-state index contributed by atoms with van der Waals surface area (Å²) in [5.74, 6) is 0.575. The molecule has 2 aromatic heterocycles. The molecule has 3 heteroatoms. The topological polar surface area (TPSA) is 38.9 Å². The number of fused-ring (bicyclic) bond motifs is 9. The highest BCUT2D eigenvalue weighted by Crippen LogP contribution is 2.55. The lowest BCUT2D eigenvalue weighted by Gasteiger charge is -2.19. The van der Waals surface area contributed by atoms with E-state index >= 15 is 0 Å². The average Bonchev–Trinajstić information content (AvgIpc) is 3.95. The van der Waals surface area contributed by atoms with E-state index in [1.54, 1.807) is 0 Å². The Labute approximate surface area is 333 Å². The number of hydrogen-bond acceptors (Lipinski definition) is 3. The van der Waals surface area contributed by atoms with E-state index in [1.165, 1.54) is 103 Å². The van der Waals surface area contributed by atoms with Crippen molar-refractivity contribution < 1.29 is 4.42 Å². The summed E-state index contributed by atoms with van der Waals surface area (Å²) in [5, 5.41) is 18.1. The standard InChI is InChI=1S/C55H32N2O/c1-31-25-28-46-54(56-31)57-55(58-46)35-18-10-17-34(29-35)36-26-27-43-49-39(36)21-11-24-42(49)53-48(33-15-6-3-7-16-33)51-41-23-12-22-40-37-19-8-9-20-38(37)44(50(40)41)30-45(51)47(52(43)53)32-13-4-2-5-14-32/h2-30H,1H3. The van der Waals surface area contributed by atoms with Crippen LogP contribution in [0.15, 0.2) is 180 Å². The van der Waals surface area contributed by atoms with Crippen molar-refractivity contribution in [3.8, 4) is 44.8 Å². The molecule has 0 amide bonds. The molecule has 0 spiro atoms. The number of aromatic nitrogens is 2. The summed E-state index contributed by atoms with van der Waals surface area (Å²) in [7, 11) is 0. The Morgan fingerprint density at radius 2 is 0.914 bits per heavy atom. The van der Waals surface area contributed by atoms with Gasteiger partial charge in [-0.05, 0) is 146 Å². The maximum atomic E-state index is 6.22. The Kier molecular flexibility index (Phi) is 6.37. The molecule has 13 rings (SSSR count). The lowest BCUT2D eigenvalue weighted by Crippen LogP contribution is -1.91. The van der Waals surface area contributed by atoms with Crippen molar-refractivity contribution in [3.63, 3.8) is 0 Å². The van der Waals surface area contributed by atoms with E-state index in [9.17, 15) is 0 Å². The zero-order valence-corrected chi connectivity index (χ0v) is 31.5. The van der Waals surface area contributed by atoms with Gasteiger partial charge >= 0.3 is 0 Å². The quantitative estimate of drug-likeness (QED) is 0.169. The molecule has 0 saturated carbocycles. The molecule has 3 nitrogen and oxygen atoms in total. The van der Waals surface area contributed by atoms with Crippen molar-refractivity contribution in [3.05, 3.63) is 182 Å². The van der Waals surface area contributed by atoms with Gasteiger partial charge < -0.3 is 4.42 Å². The van der Waals surface area contributed by atoms with Gasteiger partial charge in [0.15, 0.2) is 11.2 Å². The lowest BCUT2D eigenvalue weighted by atomic mass is 9.84. The van der Waals surface area contributed by atoms with Crippen LogP contribution in [0.1, 0.15) is 5.69 Å². The number of hydrogen-bond donors (Lipinski definition) is 0. The molecule has 0 fully saturated rings. The van der Waals surface area contributed by atoms with E-state index in [-0.39, 0.29) is 0 Å². The van der Waals surface area contributed by atoms with Crippen LogP contribution >= 0.6 is 0 Å². The second-order valence-corrected chi connectivity index (χ2v) is 15.6. The minimum atomic E-state index is 0.575. The molecule has 0 aliphatic carbocycles. The van der Waals surface area contributed by atoms with Gasteiger partial charge in [0.1, 0.15) is 0 Å². The normalized spacial score (nSPS) is 12.2. The van der Waals surface area contributed by atoms with Crippen molar-refractivity contribution in [1.82, 2.24) is 9.97 Å². The van der Waals surface area contributed by atoms with E-state index in [4.69, 9.17) is 9.40 Å². The summed E-state index contributed by atoms with van der Waals surface area (Å²) >= 11 is 0. The van der Waals surface area contributed by atoms with Crippen LogP contribution in [0, 0.1) is 6.92 Å². The second kappa shape index (κ2) is 11.7. The Bertz CT molecular complexity index is 3790. The van der Waals surface area contributed by atoms with Gasteiger partial charge in [-0.25, -0.2) is 4.98 Å². The van der Waals surface area contributed by atoms with Crippen molar-refractivity contribution in [1.29, 1.82) is 0 Å². The Balaban J connectivity index is 1.19. The molecule has 13 aromatic rings. The van der Waals surface area contributed by atoms with Crippen LogP contribution in [0.3, 0.4) is 0 Å². The first-order valence-corrected chi connectivity index (χ1v) is 19.9. The van der Waals surface area contributed by atoms with Crippen LogP contribution in [0.25, 0.3) is 131 Å². The zero-order valence-electron chi connectivity index (χ0n) is 31.5. The Hall–Kier alpha value is -7.62. The van der Waals surface area contributed by atoms with Crippen LogP contribution in [0.2, 0.25) is 0 Å². The van der Waals surface area contributed by atoms with Gasteiger partial charge in [-0.3, -0.25) is 0 Å². The molecular formula is C55H32N2O. The molecule has 0 bridgehead atoms. The molecule has 0 unspecified atom stereocenters. The highest BCUT2D eigenvalue weighted by Gasteiger charge is 2.27. The molecule has 0 aliphatic rings. The summed E-state index contributed by atoms with van der Waals surface area (Å²) in [4.78, 5) is 9.38. The number of pyridine rings is 1. The van der Waals surface area contributed by atoms with E-state index in [1.807, 2.05) is 19.1 Å². The monoisotopic (exact) mass is 736 g/mol. The molecular weight excluding hydrogens is 705 g/mol. The SMILES string of the molecule is Cc1ccc2oc(-c3cccc(-c4ccc5c6c(-c7ccccc7)c7cc8c9ccccc9c9cccc(c7c(-c7ccccc7)c6c6cccc4c56)c98)c3)nc2n1. The van der Waals surface area contributed by atoms with E-state index < -0.39 is 0 Å². The number of oxazole rings is 1. The fraction of sp³-hybridized carbons (Fsp3) is 0.0182. The van der Waals surface area contributed by atoms with Gasteiger partial charge in [0.05, 0.1) is 0 Å². The van der Waals surface area contributed by atoms with Gasteiger partial charge in [0.2, 0.25) is 5.89 Å². The van der Waals surface area contributed by atoms with E-state index in [2.05, 4.69) is 169 Å². The summed E-state index contributed by atoms with van der Waals surface area (Å²) in [5.41, 5.74) is 10.5. The smallest absolute Gasteiger partial charge is 0.228 e. The summed E-state index contributed by atoms with van der Waals surface area (Å²) in [6.07, 6.45) is 0. The van der Waals surface area contributed by atoms with Crippen LogP contribution in [-0.2, 0) is 0 Å². The van der Waals surface area contributed by atoms with Crippen LogP contribution < -0.4 is 0 Å². The third kappa shape index (κ3) is 4.28. The summed E-state index contributed by atoms with van der Waals surface area (Å²) in [6.45, 7) is 1.97. The van der Waals surface area contributed by atoms with Gasteiger partial charge in [-0.15, -0.1) is 0 Å². The van der Waals surface area contributed by atoms with Gasteiger partial charge in [-0.2, -0.15) is 4.98 Å². The molecule has 58 heavy (non-hydrogen) atoms. The zero-order chi connectivity index (χ0) is 38.1. The molecule has 0 saturated heterocycles. The fourth-order valence-corrected chi connectivity index (χ4v) is 10.1. The highest BCUT2D eigenvalue weighted by atomic mass is 16.3. The molecule has 0 N–H and O–H groups in total. The molecule has 0 atom stereocenters. The fourth-order valence-electron chi connectivity index (χ4n) is 10.1. The first-order chi connectivity index (χ1) is 28.7. The predicted octanol–water partition coefficient (Wildman–Crippen LogP) is 15.1. The molecule has 11 aromatic carbocycles. The number of aryl methyl sites for hydroxylation is 1. The predicted molar refractivity (Wildman–Crippen MR) is 243 cm³/mol. The molecule has 0 radical (unpaired) electrons. The van der Waals surface area contributed by atoms with Crippen LogP contribution in [0.4, 0.5) is 0 Å². The van der Waals surface area contributed by atoms with Gasteiger partial charge in [0.25, 0.3) is 0 Å². The first-order valence-electron chi connectivity index (χ1n) is 19.9. The molecule has 268 valence electrons. The maximum Gasteiger partial charge on any atom is 0.228 e. The minimum absolute atomic E-state index is 0.575. The number of rotatable bonds is 4. The highest BCUT2D eigenvalue weighted by molar-refractivity contribution is 6.45. The van der Waals surface area contributed by atoms with Gasteiger partial charge in [0, 0.05) is 11.3 Å². The number of benzene rings is 9. The Morgan fingerprint density at radius 3 is 1.71 bits per heavy atom. The van der Waals surface area contributed by atoms with Gasteiger partial charge in [-0.1, -0.05) is 146 Å². The van der Waals surface area contributed by atoms with Crippen molar-refractivity contribution >= 4 is 86.6 Å². The van der Waals surface area contributed by atoms with E-state index in [0.717, 1.165) is 16.8 Å².